The Morgan fingerprint density at radius 2 is 2.00 bits per heavy atom. The molecule has 84 valence electrons. The summed E-state index contributed by atoms with van der Waals surface area (Å²) in [4.78, 5) is 11.3. The third-order valence-corrected chi connectivity index (χ3v) is 4.75. The monoisotopic (exact) mass is 209 g/mol. The van der Waals surface area contributed by atoms with E-state index in [2.05, 4.69) is 5.32 Å². The topological polar surface area (TPSA) is 49.3 Å². The molecule has 2 heterocycles. The van der Waals surface area contributed by atoms with Gasteiger partial charge >= 0.3 is 5.97 Å². The van der Waals surface area contributed by atoms with Crippen LogP contribution in [0.2, 0.25) is 0 Å². The Kier molecular flexibility index (Phi) is 2.23. The molecule has 0 amide bonds. The molecule has 3 heteroatoms. The third-order valence-electron chi connectivity index (χ3n) is 4.75. The zero-order chi connectivity index (χ0) is 10.4. The molecule has 15 heavy (non-hydrogen) atoms. The summed E-state index contributed by atoms with van der Waals surface area (Å²) < 4.78 is 0. The van der Waals surface area contributed by atoms with Crippen LogP contribution in [0.25, 0.3) is 0 Å². The lowest BCUT2D eigenvalue weighted by Gasteiger charge is -2.43. The van der Waals surface area contributed by atoms with Crippen LogP contribution in [-0.2, 0) is 4.79 Å². The van der Waals surface area contributed by atoms with Crippen LogP contribution >= 0.6 is 0 Å². The summed E-state index contributed by atoms with van der Waals surface area (Å²) >= 11 is 0. The number of hydrogen-bond acceptors (Lipinski definition) is 2. The van der Waals surface area contributed by atoms with E-state index in [1.165, 1.54) is 32.1 Å². The Labute approximate surface area is 90.2 Å². The number of carboxylic acids is 1. The first-order valence-electron chi connectivity index (χ1n) is 6.24. The van der Waals surface area contributed by atoms with E-state index in [-0.39, 0.29) is 5.92 Å². The molecular formula is C12H19NO2. The van der Waals surface area contributed by atoms with Crippen LogP contribution in [0.3, 0.4) is 0 Å². The van der Waals surface area contributed by atoms with Gasteiger partial charge < -0.3 is 10.4 Å². The molecule has 3 aliphatic rings. The number of piperidine rings is 1. The zero-order valence-corrected chi connectivity index (χ0v) is 8.98. The number of hydrogen-bond donors (Lipinski definition) is 2. The average Bonchev–Trinajstić information content (AvgIpc) is 2.49. The largest absolute Gasteiger partial charge is 0.481 e. The number of fused-ring (bicyclic) bond motifs is 2. The van der Waals surface area contributed by atoms with E-state index in [1.807, 2.05) is 0 Å². The maximum Gasteiger partial charge on any atom is 0.306 e. The first kappa shape index (κ1) is 9.64. The number of carbonyl (C=O) groups is 1. The number of nitrogens with one attached hydrogen (secondary N) is 1. The van der Waals surface area contributed by atoms with Crippen LogP contribution in [0.1, 0.15) is 38.5 Å². The highest BCUT2D eigenvalue weighted by atomic mass is 16.4. The molecule has 3 nitrogen and oxygen atoms in total. The lowest BCUT2D eigenvalue weighted by Crippen LogP contribution is -2.51. The van der Waals surface area contributed by atoms with Crippen LogP contribution in [0, 0.1) is 17.8 Å². The van der Waals surface area contributed by atoms with Gasteiger partial charge in [-0.15, -0.1) is 0 Å². The van der Waals surface area contributed by atoms with E-state index in [4.69, 9.17) is 0 Å². The third kappa shape index (κ3) is 1.48. The van der Waals surface area contributed by atoms with E-state index in [0.29, 0.717) is 23.9 Å². The maximum absolute atomic E-state index is 11.3. The molecule has 3 fully saturated rings. The molecule has 0 aromatic carbocycles. The highest BCUT2D eigenvalue weighted by Gasteiger charge is 2.48. The minimum Gasteiger partial charge on any atom is -0.481 e. The highest BCUT2D eigenvalue weighted by Crippen LogP contribution is 2.46. The van der Waals surface area contributed by atoms with Gasteiger partial charge in [-0.2, -0.15) is 0 Å². The first-order valence-corrected chi connectivity index (χ1v) is 6.24. The van der Waals surface area contributed by atoms with Crippen molar-refractivity contribution < 1.29 is 9.90 Å². The van der Waals surface area contributed by atoms with Crippen molar-refractivity contribution >= 4 is 5.97 Å². The molecule has 4 atom stereocenters. The van der Waals surface area contributed by atoms with Crippen molar-refractivity contribution in [3.8, 4) is 0 Å². The number of carboxylic acid groups (broad SMARTS) is 1. The fraction of sp³-hybridized carbons (Fsp3) is 0.917. The second kappa shape index (κ2) is 3.48. The first-order chi connectivity index (χ1) is 7.25. The second-order valence-electron chi connectivity index (χ2n) is 5.50. The standard InChI is InChI=1S/C12H19NO2/c14-12(15)9-6-8-4-5-10(13-8)11(9)7-2-1-3-7/h7-11,13H,1-6H2,(H,14,15). The Bertz CT molecular complexity index is 275. The molecule has 3 rings (SSSR count). The normalized spacial score (nSPS) is 45.1. The van der Waals surface area contributed by atoms with Crippen LogP contribution < -0.4 is 5.32 Å². The lowest BCUT2D eigenvalue weighted by atomic mass is 9.66. The van der Waals surface area contributed by atoms with Crippen molar-refractivity contribution in [3.63, 3.8) is 0 Å². The van der Waals surface area contributed by atoms with Crippen molar-refractivity contribution in [2.75, 3.05) is 0 Å². The van der Waals surface area contributed by atoms with E-state index in [1.54, 1.807) is 0 Å². The number of rotatable bonds is 2. The van der Waals surface area contributed by atoms with Gasteiger partial charge in [-0.3, -0.25) is 4.79 Å². The lowest BCUT2D eigenvalue weighted by molar-refractivity contribution is -0.147. The fourth-order valence-corrected chi connectivity index (χ4v) is 3.83. The predicted molar refractivity (Wildman–Crippen MR) is 56.5 cm³/mol. The van der Waals surface area contributed by atoms with Crippen molar-refractivity contribution in [3.05, 3.63) is 0 Å². The summed E-state index contributed by atoms with van der Waals surface area (Å²) in [5.41, 5.74) is 0. The van der Waals surface area contributed by atoms with E-state index < -0.39 is 5.97 Å². The van der Waals surface area contributed by atoms with Gasteiger partial charge in [0.25, 0.3) is 0 Å². The minimum atomic E-state index is -0.551. The van der Waals surface area contributed by atoms with Crippen LogP contribution in [0.4, 0.5) is 0 Å². The Balaban J connectivity index is 1.81. The van der Waals surface area contributed by atoms with Gasteiger partial charge in [0.05, 0.1) is 5.92 Å². The van der Waals surface area contributed by atoms with E-state index in [9.17, 15) is 9.90 Å². The van der Waals surface area contributed by atoms with Crippen LogP contribution in [0.15, 0.2) is 0 Å². The van der Waals surface area contributed by atoms with Crippen molar-refractivity contribution in [1.82, 2.24) is 5.32 Å². The van der Waals surface area contributed by atoms with Crippen molar-refractivity contribution in [2.45, 2.75) is 50.6 Å². The molecular weight excluding hydrogens is 190 g/mol. The molecule has 2 N–H and O–H groups in total. The minimum absolute atomic E-state index is 0.0611. The van der Waals surface area contributed by atoms with Gasteiger partial charge in [0, 0.05) is 12.1 Å². The fourth-order valence-electron chi connectivity index (χ4n) is 3.83. The van der Waals surface area contributed by atoms with Crippen molar-refractivity contribution in [1.29, 1.82) is 0 Å². The Morgan fingerprint density at radius 1 is 1.20 bits per heavy atom. The smallest absolute Gasteiger partial charge is 0.306 e. The molecule has 0 aromatic rings. The maximum atomic E-state index is 11.3. The molecule has 2 saturated heterocycles. The molecule has 0 aromatic heterocycles. The predicted octanol–water partition coefficient (Wildman–Crippen LogP) is 1.63. The van der Waals surface area contributed by atoms with Crippen LogP contribution in [0.5, 0.6) is 0 Å². The molecule has 0 spiro atoms. The van der Waals surface area contributed by atoms with Gasteiger partial charge in [0.15, 0.2) is 0 Å². The molecule has 2 bridgehead atoms. The summed E-state index contributed by atoms with van der Waals surface area (Å²) in [6, 6.07) is 1.00. The Hall–Kier alpha value is -0.570. The van der Waals surface area contributed by atoms with Gasteiger partial charge in [-0.05, 0) is 31.1 Å². The van der Waals surface area contributed by atoms with Gasteiger partial charge in [-0.25, -0.2) is 0 Å². The highest BCUT2D eigenvalue weighted by molar-refractivity contribution is 5.71. The summed E-state index contributed by atoms with van der Waals surface area (Å²) in [5, 5.41) is 12.9. The molecule has 1 aliphatic carbocycles. The van der Waals surface area contributed by atoms with Gasteiger partial charge in [-0.1, -0.05) is 19.3 Å². The summed E-state index contributed by atoms with van der Waals surface area (Å²) in [6.07, 6.45) is 7.10. The molecule has 2 aliphatic heterocycles. The quantitative estimate of drug-likeness (QED) is 0.726. The van der Waals surface area contributed by atoms with Crippen molar-refractivity contribution in [2.24, 2.45) is 17.8 Å². The zero-order valence-electron chi connectivity index (χ0n) is 8.98. The van der Waals surface area contributed by atoms with E-state index >= 15 is 0 Å². The van der Waals surface area contributed by atoms with E-state index in [0.717, 1.165) is 6.42 Å². The van der Waals surface area contributed by atoms with Crippen LogP contribution in [-0.4, -0.2) is 23.2 Å². The van der Waals surface area contributed by atoms with Gasteiger partial charge in [0.2, 0.25) is 0 Å². The molecule has 0 radical (unpaired) electrons. The summed E-state index contributed by atoms with van der Waals surface area (Å²) in [7, 11) is 0. The molecule has 4 unspecified atom stereocenters. The number of aliphatic carboxylic acids is 1. The van der Waals surface area contributed by atoms with Gasteiger partial charge in [0.1, 0.15) is 0 Å². The average molecular weight is 209 g/mol. The molecule has 1 saturated carbocycles. The second-order valence-corrected chi connectivity index (χ2v) is 5.50. The SMILES string of the molecule is O=C(O)C1CC2CCC(N2)C1C1CCC1. The Morgan fingerprint density at radius 3 is 2.60 bits per heavy atom. The summed E-state index contributed by atoms with van der Waals surface area (Å²) in [5.74, 6) is 0.511. The summed E-state index contributed by atoms with van der Waals surface area (Å²) in [6.45, 7) is 0.